The molecule has 0 amide bonds. The largest absolute Gasteiger partial charge is 0.390 e. The van der Waals surface area contributed by atoms with Crippen LogP contribution >= 0.6 is 0 Å². The van der Waals surface area contributed by atoms with Gasteiger partial charge in [-0.1, -0.05) is 50.5 Å². The van der Waals surface area contributed by atoms with Crippen LogP contribution in [0.5, 0.6) is 0 Å². The Balaban J connectivity index is 1.57. The Hall–Kier alpha value is -1.98. The SMILES string of the molecule is CCCc1cc(=O)[nH]c(-c2ccccc2CN2CC[C@@]3(O)CCCC[C@H]3C2)n1. The second kappa shape index (κ2) is 8.18. The Kier molecular flexibility index (Phi) is 5.65. The number of nitrogens with one attached hydrogen (secondary N) is 1. The van der Waals surface area contributed by atoms with Gasteiger partial charge in [-0.3, -0.25) is 9.69 Å². The van der Waals surface area contributed by atoms with Crippen LogP contribution in [0, 0.1) is 5.92 Å². The third kappa shape index (κ3) is 4.06. The number of hydrogen-bond donors (Lipinski definition) is 2. The van der Waals surface area contributed by atoms with Crippen LogP contribution in [0.3, 0.4) is 0 Å². The van der Waals surface area contributed by atoms with Crippen LogP contribution in [0.25, 0.3) is 11.4 Å². The van der Waals surface area contributed by atoms with E-state index in [2.05, 4.69) is 22.9 Å². The number of fused-ring (bicyclic) bond motifs is 1. The summed E-state index contributed by atoms with van der Waals surface area (Å²) in [4.78, 5) is 22.2. The molecule has 2 atom stereocenters. The molecule has 1 aromatic carbocycles. The number of H-pyrrole nitrogens is 1. The fourth-order valence-corrected chi connectivity index (χ4v) is 4.93. The Bertz CT molecular complexity index is 878. The number of benzene rings is 1. The summed E-state index contributed by atoms with van der Waals surface area (Å²) in [6, 6.07) is 9.83. The van der Waals surface area contributed by atoms with Gasteiger partial charge in [0.05, 0.1) is 5.60 Å². The number of aliphatic hydroxyl groups is 1. The molecular weight excluding hydrogens is 350 g/mol. The third-order valence-corrected chi connectivity index (χ3v) is 6.48. The van der Waals surface area contributed by atoms with Crippen molar-refractivity contribution in [2.45, 2.75) is 64.0 Å². The molecule has 1 aromatic heterocycles. The number of nitrogens with zero attached hydrogens (tertiary/aromatic N) is 2. The van der Waals surface area contributed by atoms with Crippen molar-refractivity contribution in [3.05, 3.63) is 51.9 Å². The van der Waals surface area contributed by atoms with Crippen LogP contribution in [0.2, 0.25) is 0 Å². The van der Waals surface area contributed by atoms with E-state index < -0.39 is 5.60 Å². The van der Waals surface area contributed by atoms with E-state index in [1.807, 2.05) is 18.2 Å². The Morgan fingerprint density at radius 1 is 1.29 bits per heavy atom. The minimum Gasteiger partial charge on any atom is -0.390 e. The topological polar surface area (TPSA) is 69.2 Å². The first-order valence-electron chi connectivity index (χ1n) is 10.7. The van der Waals surface area contributed by atoms with E-state index in [0.29, 0.717) is 11.7 Å². The van der Waals surface area contributed by atoms with Crippen molar-refractivity contribution in [2.75, 3.05) is 13.1 Å². The molecule has 2 aliphatic rings. The Morgan fingerprint density at radius 2 is 2.14 bits per heavy atom. The summed E-state index contributed by atoms with van der Waals surface area (Å²) in [6.07, 6.45) is 7.11. The molecule has 4 rings (SSSR count). The second-order valence-electron chi connectivity index (χ2n) is 8.52. The van der Waals surface area contributed by atoms with Gasteiger partial charge in [0.25, 0.3) is 5.56 Å². The zero-order valence-electron chi connectivity index (χ0n) is 16.8. The fraction of sp³-hybridized carbons (Fsp3) is 0.565. The van der Waals surface area contributed by atoms with Gasteiger partial charge in [0.2, 0.25) is 0 Å². The predicted molar refractivity (Wildman–Crippen MR) is 111 cm³/mol. The molecule has 1 aliphatic heterocycles. The molecule has 0 unspecified atom stereocenters. The van der Waals surface area contributed by atoms with E-state index in [-0.39, 0.29) is 5.56 Å². The molecule has 5 heteroatoms. The Labute approximate surface area is 166 Å². The van der Waals surface area contributed by atoms with Gasteiger partial charge in [-0.05, 0) is 31.2 Å². The van der Waals surface area contributed by atoms with Crippen LogP contribution in [0.4, 0.5) is 0 Å². The van der Waals surface area contributed by atoms with Crippen molar-refractivity contribution in [3.63, 3.8) is 0 Å². The van der Waals surface area contributed by atoms with Crippen molar-refractivity contribution in [1.29, 1.82) is 0 Å². The first-order valence-corrected chi connectivity index (χ1v) is 10.7. The first kappa shape index (κ1) is 19.3. The number of aryl methyl sites for hydroxylation is 1. The molecule has 5 nitrogen and oxygen atoms in total. The van der Waals surface area contributed by atoms with Gasteiger partial charge in [-0.25, -0.2) is 4.98 Å². The van der Waals surface area contributed by atoms with Crippen LogP contribution in [0.15, 0.2) is 35.1 Å². The lowest BCUT2D eigenvalue weighted by Crippen LogP contribution is -2.52. The fourth-order valence-electron chi connectivity index (χ4n) is 4.93. The maximum atomic E-state index is 12.1. The van der Waals surface area contributed by atoms with Crippen LogP contribution in [-0.2, 0) is 13.0 Å². The average Bonchev–Trinajstić information content (AvgIpc) is 2.68. The molecule has 2 heterocycles. The average molecular weight is 382 g/mol. The zero-order chi connectivity index (χ0) is 19.6. The highest BCUT2D eigenvalue weighted by Crippen LogP contribution is 2.40. The zero-order valence-corrected chi connectivity index (χ0v) is 16.8. The van der Waals surface area contributed by atoms with Crippen molar-refractivity contribution in [1.82, 2.24) is 14.9 Å². The van der Waals surface area contributed by atoms with Crippen molar-refractivity contribution in [3.8, 4) is 11.4 Å². The van der Waals surface area contributed by atoms with Gasteiger partial charge in [-0.15, -0.1) is 0 Å². The number of rotatable bonds is 5. The second-order valence-corrected chi connectivity index (χ2v) is 8.52. The molecule has 2 fully saturated rings. The quantitative estimate of drug-likeness (QED) is 0.831. The van der Waals surface area contributed by atoms with E-state index in [1.54, 1.807) is 6.07 Å². The smallest absolute Gasteiger partial charge is 0.251 e. The summed E-state index contributed by atoms with van der Waals surface area (Å²) in [5, 5.41) is 10.9. The van der Waals surface area contributed by atoms with E-state index in [0.717, 1.165) is 69.4 Å². The van der Waals surface area contributed by atoms with Crippen LogP contribution < -0.4 is 5.56 Å². The molecule has 0 radical (unpaired) electrons. The lowest BCUT2D eigenvalue weighted by molar-refractivity contribution is -0.0967. The van der Waals surface area contributed by atoms with E-state index in [1.165, 1.54) is 12.0 Å². The monoisotopic (exact) mass is 381 g/mol. The van der Waals surface area contributed by atoms with E-state index in [9.17, 15) is 9.90 Å². The van der Waals surface area contributed by atoms with Gasteiger partial charge >= 0.3 is 0 Å². The summed E-state index contributed by atoms with van der Waals surface area (Å²) in [7, 11) is 0. The highest BCUT2D eigenvalue weighted by atomic mass is 16.3. The minimum absolute atomic E-state index is 0.0894. The predicted octanol–water partition coefficient (Wildman–Crippen LogP) is 3.52. The molecule has 2 aromatic rings. The molecule has 0 bridgehead atoms. The summed E-state index contributed by atoms with van der Waals surface area (Å²) in [5.41, 5.74) is 2.49. The van der Waals surface area contributed by atoms with Crippen molar-refractivity contribution < 1.29 is 5.11 Å². The molecule has 1 saturated heterocycles. The minimum atomic E-state index is -0.449. The van der Waals surface area contributed by atoms with Gasteiger partial charge < -0.3 is 10.1 Å². The summed E-state index contributed by atoms with van der Waals surface area (Å²) in [5.74, 6) is 1.05. The highest BCUT2D eigenvalue weighted by molar-refractivity contribution is 5.60. The molecular formula is C23H31N3O2. The van der Waals surface area contributed by atoms with Crippen LogP contribution in [0.1, 0.15) is 56.7 Å². The van der Waals surface area contributed by atoms with Gasteiger partial charge in [0, 0.05) is 42.9 Å². The van der Waals surface area contributed by atoms with Gasteiger partial charge in [0.1, 0.15) is 5.82 Å². The highest BCUT2D eigenvalue weighted by Gasteiger charge is 2.42. The summed E-state index contributed by atoms with van der Waals surface area (Å²) >= 11 is 0. The Morgan fingerprint density at radius 3 is 3.00 bits per heavy atom. The molecule has 1 saturated carbocycles. The molecule has 1 aliphatic carbocycles. The first-order chi connectivity index (χ1) is 13.6. The standard InChI is InChI=1S/C23H31N3O2/c1-2-7-19-14-21(27)25-22(24-19)20-10-4-3-8-17(20)15-26-13-12-23(28)11-6-5-9-18(23)16-26/h3-4,8,10,14,18,28H,2,5-7,9,11-13,15-16H2,1H3,(H,24,25,27)/t18-,23-/m0/s1. The van der Waals surface area contributed by atoms with Crippen molar-refractivity contribution in [2.24, 2.45) is 5.92 Å². The molecule has 0 spiro atoms. The summed E-state index contributed by atoms with van der Waals surface area (Å²) in [6.45, 7) is 4.79. The van der Waals surface area contributed by atoms with Crippen molar-refractivity contribution >= 4 is 0 Å². The summed E-state index contributed by atoms with van der Waals surface area (Å²) < 4.78 is 0. The lowest BCUT2D eigenvalue weighted by atomic mass is 9.71. The van der Waals surface area contributed by atoms with Crippen LogP contribution in [-0.4, -0.2) is 38.7 Å². The normalized spacial score (nSPS) is 25.4. The maximum absolute atomic E-state index is 12.1. The molecule has 150 valence electrons. The number of likely N-dealkylation sites (tertiary alicyclic amines) is 1. The number of aromatic amines is 1. The lowest BCUT2D eigenvalue weighted by Gasteiger charge is -2.47. The third-order valence-electron chi connectivity index (χ3n) is 6.48. The maximum Gasteiger partial charge on any atom is 0.251 e. The van der Waals surface area contributed by atoms with Gasteiger partial charge in [0.15, 0.2) is 0 Å². The van der Waals surface area contributed by atoms with E-state index >= 15 is 0 Å². The number of aromatic nitrogens is 2. The molecule has 28 heavy (non-hydrogen) atoms. The molecule has 2 N–H and O–H groups in total. The van der Waals surface area contributed by atoms with E-state index in [4.69, 9.17) is 4.98 Å². The number of piperidine rings is 1. The number of hydrogen-bond acceptors (Lipinski definition) is 4. The van der Waals surface area contributed by atoms with Gasteiger partial charge in [-0.2, -0.15) is 0 Å².